The second kappa shape index (κ2) is 6.61. The number of aromatic nitrogens is 2. The van der Waals surface area contributed by atoms with Crippen molar-refractivity contribution in [2.24, 2.45) is 0 Å². The lowest BCUT2D eigenvalue weighted by atomic mass is 10.1. The number of thioether (sulfide) groups is 1. The number of aromatic amines is 1. The van der Waals surface area contributed by atoms with Gasteiger partial charge in [0.25, 0.3) is 5.91 Å². The highest BCUT2D eigenvalue weighted by molar-refractivity contribution is 7.97. The third kappa shape index (κ3) is 3.63. The van der Waals surface area contributed by atoms with Gasteiger partial charge in [-0.05, 0) is 29.9 Å². The summed E-state index contributed by atoms with van der Waals surface area (Å²) in [6, 6.07) is 9.54. The van der Waals surface area contributed by atoms with Crippen LogP contribution in [0.25, 0.3) is 0 Å². The van der Waals surface area contributed by atoms with E-state index in [1.54, 1.807) is 11.8 Å². The van der Waals surface area contributed by atoms with Crippen LogP contribution in [0.2, 0.25) is 0 Å². The maximum Gasteiger partial charge on any atom is 0.256 e. The molecule has 0 saturated heterocycles. The Morgan fingerprint density at radius 3 is 2.85 bits per heavy atom. The highest BCUT2D eigenvalue weighted by atomic mass is 32.2. The number of amides is 1. The van der Waals surface area contributed by atoms with Gasteiger partial charge in [0, 0.05) is 23.1 Å². The predicted octanol–water partition coefficient (Wildman–Crippen LogP) is 3.65. The van der Waals surface area contributed by atoms with Gasteiger partial charge in [0.2, 0.25) is 0 Å². The number of nitrogens with one attached hydrogen (secondary N) is 2. The van der Waals surface area contributed by atoms with Crippen LogP contribution in [0.3, 0.4) is 0 Å². The predicted molar refractivity (Wildman–Crippen MR) is 84.3 cm³/mol. The standard InChI is InChI=1S/C15H19N3OS/c1-10(2)13-8-14(18-17-13)16-15(19)12-6-4-5-11(7-12)9-20-3/h4-8,10H,9H2,1-3H3,(H2,16,17,18,19). The van der Waals surface area contributed by atoms with Crippen LogP contribution in [-0.2, 0) is 5.75 Å². The average Bonchev–Trinajstić information content (AvgIpc) is 2.88. The van der Waals surface area contributed by atoms with E-state index in [1.807, 2.05) is 36.6 Å². The van der Waals surface area contributed by atoms with Crippen molar-refractivity contribution in [3.8, 4) is 0 Å². The number of carbonyl (C=O) groups excluding carboxylic acids is 1. The number of nitrogens with zero attached hydrogens (tertiary/aromatic N) is 1. The number of rotatable bonds is 5. The molecule has 0 aliphatic heterocycles. The van der Waals surface area contributed by atoms with Crippen molar-refractivity contribution in [1.82, 2.24) is 10.2 Å². The lowest BCUT2D eigenvalue weighted by Gasteiger charge is -2.04. The Balaban J connectivity index is 2.09. The number of H-pyrrole nitrogens is 1. The molecule has 0 atom stereocenters. The maximum atomic E-state index is 12.2. The molecule has 0 bridgehead atoms. The van der Waals surface area contributed by atoms with Crippen LogP contribution >= 0.6 is 11.8 Å². The molecule has 0 unspecified atom stereocenters. The minimum atomic E-state index is -0.130. The molecule has 2 N–H and O–H groups in total. The van der Waals surface area contributed by atoms with E-state index in [-0.39, 0.29) is 5.91 Å². The number of carbonyl (C=O) groups is 1. The molecular formula is C15H19N3OS. The lowest BCUT2D eigenvalue weighted by Crippen LogP contribution is -2.12. The van der Waals surface area contributed by atoms with Crippen molar-refractivity contribution in [3.05, 3.63) is 47.2 Å². The first-order valence-electron chi connectivity index (χ1n) is 6.54. The van der Waals surface area contributed by atoms with Crippen LogP contribution in [0.4, 0.5) is 5.82 Å². The first kappa shape index (κ1) is 14.7. The molecule has 1 heterocycles. The minimum absolute atomic E-state index is 0.130. The molecule has 1 aromatic heterocycles. The van der Waals surface area contributed by atoms with Gasteiger partial charge in [-0.3, -0.25) is 9.89 Å². The van der Waals surface area contributed by atoms with Crippen molar-refractivity contribution in [2.45, 2.75) is 25.5 Å². The summed E-state index contributed by atoms with van der Waals surface area (Å²) < 4.78 is 0. The van der Waals surface area contributed by atoms with Gasteiger partial charge in [-0.25, -0.2) is 0 Å². The molecule has 2 aromatic rings. The van der Waals surface area contributed by atoms with Gasteiger partial charge < -0.3 is 5.32 Å². The van der Waals surface area contributed by atoms with Gasteiger partial charge >= 0.3 is 0 Å². The van der Waals surface area contributed by atoms with Gasteiger partial charge in [-0.1, -0.05) is 26.0 Å². The van der Waals surface area contributed by atoms with Crippen LogP contribution in [0.1, 0.15) is 41.4 Å². The molecule has 0 aliphatic carbocycles. The van der Waals surface area contributed by atoms with Crippen LogP contribution in [0.5, 0.6) is 0 Å². The van der Waals surface area contributed by atoms with Crippen LogP contribution in [0.15, 0.2) is 30.3 Å². The van der Waals surface area contributed by atoms with Gasteiger partial charge in [-0.2, -0.15) is 16.9 Å². The zero-order valence-electron chi connectivity index (χ0n) is 11.9. The monoisotopic (exact) mass is 289 g/mol. The van der Waals surface area contributed by atoms with E-state index in [1.165, 1.54) is 0 Å². The summed E-state index contributed by atoms with van der Waals surface area (Å²) in [7, 11) is 0. The Morgan fingerprint density at radius 2 is 2.20 bits per heavy atom. The van der Waals surface area contributed by atoms with Crippen molar-refractivity contribution in [2.75, 3.05) is 11.6 Å². The third-order valence-electron chi connectivity index (χ3n) is 2.96. The normalized spacial score (nSPS) is 10.8. The van der Waals surface area contributed by atoms with Crippen LogP contribution in [-0.4, -0.2) is 22.4 Å². The highest BCUT2D eigenvalue weighted by Crippen LogP contribution is 2.16. The van der Waals surface area contributed by atoms with Crippen LogP contribution in [0, 0.1) is 0 Å². The minimum Gasteiger partial charge on any atom is -0.305 e. The van der Waals surface area contributed by atoms with Crippen LogP contribution < -0.4 is 5.32 Å². The zero-order chi connectivity index (χ0) is 14.5. The first-order valence-corrected chi connectivity index (χ1v) is 7.94. The van der Waals surface area contributed by atoms with Crippen molar-refractivity contribution < 1.29 is 4.79 Å². The fourth-order valence-electron chi connectivity index (χ4n) is 1.85. The molecule has 20 heavy (non-hydrogen) atoms. The lowest BCUT2D eigenvalue weighted by molar-refractivity contribution is 0.102. The quantitative estimate of drug-likeness (QED) is 0.883. The van der Waals surface area contributed by atoms with E-state index in [4.69, 9.17) is 0 Å². The van der Waals surface area contributed by atoms with Crippen molar-refractivity contribution in [1.29, 1.82) is 0 Å². The number of anilines is 1. The summed E-state index contributed by atoms with van der Waals surface area (Å²) in [5.41, 5.74) is 2.82. The molecule has 5 heteroatoms. The smallest absolute Gasteiger partial charge is 0.256 e. The van der Waals surface area contributed by atoms with Gasteiger partial charge in [-0.15, -0.1) is 0 Å². The average molecular weight is 289 g/mol. The Kier molecular flexibility index (Phi) is 4.84. The summed E-state index contributed by atoms with van der Waals surface area (Å²) in [5, 5.41) is 9.84. The Morgan fingerprint density at radius 1 is 1.40 bits per heavy atom. The highest BCUT2D eigenvalue weighted by Gasteiger charge is 2.10. The molecule has 106 valence electrons. The molecule has 0 spiro atoms. The van der Waals surface area contributed by atoms with E-state index in [9.17, 15) is 4.79 Å². The molecule has 1 aromatic carbocycles. The molecular weight excluding hydrogens is 270 g/mol. The van der Waals surface area contributed by atoms with Gasteiger partial charge in [0.1, 0.15) is 0 Å². The zero-order valence-corrected chi connectivity index (χ0v) is 12.8. The summed E-state index contributed by atoms with van der Waals surface area (Å²) in [6.07, 6.45) is 2.05. The molecule has 0 aliphatic rings. The Hall–Kier alpha value is -1.75. The second-order valence-corrected chi connectivity index (χ2v) is 5.82. The van der Waals surface area contributed by atoms with Gasteiger partial charge in [0.05, 0.1) is 0 Å². The van der Waals surface area contributed by atoms with E-state index < -0.39 is 0 Å². The molecule has 4 nitrogen and oxygen atoms in total. The molecule has 0 fully saturated rings. The molecule has 0 radical (unpaired) electrons. The largest absolute Gasteiger partial charge is 0.305 e. The Labute approximate surface area is 123 Å². The SMILES string of the molecule is CSCc1cccc(C(=O)Nc2cc(C(C)C)[nH]n2)c1. The van der Waals surface area contributed by atoms with Gasteiger partial charge in [0.15, 0.2) is 5.82 Å². The van der Waals surface area contributed by atoms with E-state index in [2.05, 4.69) is 29.4 Å². The van der Waals surface area contributed by atoms with E-state index >= 15 is 0 Å². The van der Waals surface area contributed by atoms with E-state index in [0.29, 0.717) is 17.3 Å². The first-order chi connectivity index (χ1) is 9.60. The number of hydrogen-bond acceptors (Lipinski definition) is 3. The molecule has 0 saturated carbocycles. The summed E-state index contributed by atoms with van der Waals surface area (Å²) >= 11 is 1.74. The maximum absolute atomic E-state index is 12.2. The summed E-state index contributed by atoms with van der Waals surface area (Å²) in [5.74, 6) is 1.70. The second-order valence-electron chi connectivity index (χ2n) is 4.95. The van der Waals surface area contributed by atoms with Crippen molar-refractivity contribution >= 4 is 23.5 Å². The van der Waals surface area contributed by atoms with Crippen molar-refractivity contribution in [3.63, 3.8) is 0 Å². The number of benzene rings is 1. The fourth-order valence-corrected chi connectivity index (χ4v) is 2.37. The number of hydrogen-bond donors (Lipinski definition) is 2. The summed E-state index contributed by atoms with van der Waals surface area (Å²) in [4.78, 5) is 12.2. The Bertz CT molecular complexity index is 592. The summed E-state index contributed by atoms with van der Waals surface area (Å²) in [6.45, 7) is 4.15. The topological polar surface area (TPSA) is 57.8 Å². The molecule has 2 rings (SSSR count). The van der Waals surface area contributed by atoms with E-state index in [0.717, 1.165) is 17.0 Å². The third-order valence-corrected chi connectivity index (χ3v) is 3.58. The molecule has 1 amide bonds. The fraction of sp³-hybridized carbons (Fsp3) is 0.333.